The fourth-order valence-electron chi connectivity index (χ4n) is 3.30. The Balaban J connectivity index is 1.77. The topological polar surface area (TPSA) is 37.6 Å². The highest BCUT2D eigenvalue weighted by atomic mass is 35.5. The van der Waals surface area contributed by atoms with Crippen LogP contribution in [0.15, 0.2) is 78.1 Å². The minimum atomic E-state index is -0.157. The number of hydrogen-bond acceptors (Lipinski definition) is 2. The second-order valence-corrected chi connectivity index (χ2v) is 6.82. The van der Waals surface area contributed by atoms with E-state index in [1.54, 1.807) is 18.2 Å². The van der Waals surface area contributed by atoms with Crippen molar-refractivity contribution in [3.63, 3.8) is 0 Å². The summed E-state index contributed by atoms with van der Waals surface area (Å²) in [6, 6.07) is 15.3. The Kier molecular flexibility index (Phi) is 4.42. The molecule has 0 saturated carbocycles. The zero-order chi connectivity index (χ0) is 19.0. The lowest BCUT2D eigenvalue weighted by Gasteiger charge is -2.11. The van der Waals surface area contributed by atoms with E-state index in [-0.39, 0.29) is 5.91 Å². The minimum absolute atomic E-state index is 0.157. The second-order valence-electron chi connectivity index (χ2n) is 6.38. The third-order valence-electron chi connectivity index (χ3n) is 4.56. The van der Waals surface area contributed by atoms with Gasteiger partial charge in [-0.2, -0.15) is 10.1 Å². The lowest BCUT2D eigenvalue weighted by molar-refractivity contribution is -0.114. The molecule has 3 aromatic rings. The molecular formula is C22H18ClN3O. The number of para-hydroxylation sites is 1. The van der Waals surface area contributed by atoms with Crippen LogP contribution in [0.4, 0.5) is 5.69 Å². The van der Waals surface area contributed by atoms with Crippen molar-refractivity contribution < 1.29 is 4.79 Å². The van der Waals surface area contributed by atoms with Gasteiger partial charge in [0.25, 0.3) is 5.91 Å². The number of anilines is 1. The molecule has 0 N–H and O–H groups in total. The smallest absolute Gasteiger partial charge is 0.280 e. The van der Waals surface area contributed by atoms with Gasteiger partial charge >= 0.3 is 0 Å². The summed E-state index contributed by atoms with van der Waals surface area (Å²) in [6.07, 6.45) is 5.81. The van der Waals surface area contributed by atoms with E-state index in [0.29, 0.717) is 28.5 Å². The number of halogens is 1. The van der Waals surface area contributed by atoms with Crippen LogP contribution in [0.3, 0.4) is 0 Å². The molecule has 0 fully saturated rings. The second kappa shape index (κ2) is 6.89. The number of fused-ring (bicyclic) bond motifs is 1. The largest absolute Gasteiger partial charge is 0.343 e. The molecule has 0 radical (unpaired) electrons. The van der Waals surface area contributed by atoms with Crippen molar-refractivity contribution in [1.29, 1.82) is 0 Å². The Bertz CT molecular complexity index is 1120. The van der Waals surface area contributed by atoms with E-state index in [9.17, 15) is 4.79 Å². The number of amides is 1. The molecule has 1 aliphatic heterocycles. The standard InChI is InChI=1S/C22H18ClN3O/c1-3-11-25-14-16(19-9-4-5-10-21(19)25)12-20-15(2)24-26(22(20)27)18-8-6-7-17(23)13-18/h3-10,12-14H,1,11H2,2H3/b20-12-. The van der Waals surface area contributed by atoms with Crippen LogP contribution in [0.5, 0.6) is 0 Å². The van der Waals surface area contributed by atoms with Crippen molar-refractivity contribution in [2.45, 2.75) is 13.5 Å². The molecule has 2 aromatic carbocycles. The molecule has 1 amide bonds. The summed E-state index contributed by atoms with van der Waals surface area (Å²) in [5.74, 6) is -0.157. The lowest BCUT2D eigenvalue weighted by Crippen LogP contribution is -2.21. The van der Waals surface area contributed by atoms with Crippen molar-refractivity contribution in [3.8, 4) is 0 Å². The van der Waals surface area contributed by atoms with Crippen molar-refractivity contribution in [2.24, 2.45) is 5.10 Å². The first kappa shape index (κ1) is 17.3. The SMILES string of the molecule is C=CCn1cc(/C=C2\C(=O)N(c3cccc(Cl)c3)N=C2C)c2ccccc21. The van der Waals surface area contributed by atoms with E-state index in [2.05, 4.69) is 28.4 Å². The number of allylic oxidation sites excluding steroid dienone is 1. The molecule has 0 atom stereocenters. The van der Waals surface area contributed by atoms with Gasteiger partial charge in [0.15, 0.2) is 0 Å². The molecule has 1 aromatic heterocycles. The molecule has 0 aliphatic carbocycles. The number of carbonyl (C=O) groups excluding carboxylic acids is 1. The Hall–Kier alpha value is -3.11. The van der Waals surface area contributed by atoms with Gasteiger partial charge in [0.05, 0.1) is 17.0 Å². The van der Waals surface area contributed by atoms with Crippen LogP contribution in [-0.4, -0.2) is 16.2 Å². The summed E-state index contributed by atoms with van der Waals surface area (Å²) in [5, 5.41) is 7.49. The number of benzene rings is 2. The summed E-state index contributed by atoms with van der Waals surface area (Å²) in [4.78, 5) is 13.0. The van der Waals surface area contributed by atoms with Crippen LogP contribution in [0.1, 0.15) is 12.5 Å². The molecule has 0 saturated heterocycles. The van der Waals surface area contributed by atoms with Gasteiger partial charge in [-0.3, -0.25) is 4.79 Å². The number of carbonyl (C=O) groups is 1. The number of nitrogens with zero attached hydrogens (tertiary/aromatic N) is 3. The Morgan fingerprint density at radius 2 is 2.00 bits per heavy atom. The summed E-state index contributed by atoms with van der Waals surface area (Å²) >= 11 is 6.06. The normalized spacial score (nSPS) is 15.6. The third-order valence-corrected chi connectivity index (χ3v) is 4.80. The first-order valence-corrected chi connectivity index (χ1v) is 9.02. The first-order chi connectivity index (χ1) is 13.1. The van der Waals surface area contributed by atoms with Gasteiger partial charge in [-0.1, -0.05) is 41.9 Å². The van der Waals surface area contributed by atoms with Crippen molar-refractivity contribution in [2.75, 3.05) is 5.01 Å². The highest BCUT2D eigenvalue weighted by molar-refractivity contribution is 6.33. The van der Waals surface area contributed by atoms with Crippen LogP contribution in [0.25, 0.3) is 17.0 Å². The Labute approximate surface area is 162 Å². The number of aromatic nitrogens is 1. The fourth-order valence-corrected chi connectivity index (χ4v) is 3.49. The van der Waals surface area contributed by atoms with E-state index < -0.39 is 0 Å². The number of hydrogen-bond donors (Lipinski definition) is 0. The molecule has 134 valence electrons. The van der Waals surface area contributed by atoms with Crippen molar-refractivity contribution in [3.05, 3.63) is 83.5 Å². The zero-order valence-corrected chi connectivity index (χ0v) is 15.6. The van der Waals surface area contributed by atoms with Gasteiger partial charge in [-0.05, 0) is 37.3 Å². The maximum atomic E-state index is 13.0. The molecule has 0 bridgehead atoms. The highest BCUT2D eigenvalue weighted by Crippen LogP contribution is 2.29. The maximum absolute atomic E-state index is 13.0. The van der Waals surface area contributed by atoms with Crippen LogP contribution in [-0.2, 0) is 11.3 Å². The summed E-state index contributed by atoms with van der Waals surface area (Å²) < 4.78 is 2.12. The maximum Gasteiger partial charge on any atom is 0.280 e. The molecule has 2 heterocycles. The minimum Gasteiger partial charge on any atom is -0.343 e. The van der Waals surface area contributed by atoms with E-state index in [1.807, 2.05) is 43.5 Å². The number of rotatable bonds is 4. The van der Waals surface area contributed by atoms with Gasteiger partial charge in [-0.25, -0.2) is 0 Å². The Morgan fingerprint density at radius 1 is 1.19 bits per heavy atom. The van der Waals surface area contributed by atoms with Crippen molar-refractivity contribution in [1.82, 2.24) is 4.57 Å². The van der Waals surface area contributed by atoms with E-state index in [4.69, 9.17) is 11.6 Å². The summed E-state index contributed by atoms with van der Waals surface area (Å²) in [5.41, 5.74) is 4.01. The predicted molar refractivity (Wildman–Crippen MR) is 112 cm³/mol. The summed E-state index contributed by atoms with van der Waals surface area (Å²) in [6.45, 7) is 6.38. The quantitative estimate of drug-likeness (QED) is 0.451. The van der Waals surface area contributed by atoms with E-state index >= 15 is 0 Å². The van der Waals surface area contributed by atoms with Crippen LogP contribution < -0.4 is 5.01 Å². The highest BCUT2D eigenvalue weighted by Gasteiger charge is 2.29. The lowest BCUT2D eigenvalue weighted by atomic mass is 10.1. The zero-order valence-electron chi connectivity index (χ0n) is 14.9. The Morgan fingerprint density at radius 3 is 2.78 bits per heavy atom. The molecular weight excluding hydrogens is 358 g/mol. The molecule has 4 nitrogen and oxygen atoms in total. The van der Waals surface area contributed by atoms with Crippen LogP contribution in [0.2, 0.25) is 5.02 Å². The van der Waals surface area contributed by atoms with E-state index in [1.165, 1.54) is 5.01 Å². The molecule has 4 rings (SSSR count). The van der Waals surface area contributed by atoms with Crippen molar-refractivity contribution >= 4 is 45.9 Å². The molecule has 0 unspecified atom stereocenters. The molecule has 5 heteroatoms. The average molecular weight is 376 g/mol. The van der Waals surface area contributed by atoms with Gasteiger partial charge in [0.2, 0.25) is 0 Å². The molecule has 0 spiro atoms. The predicted octanol–water partition coefficient (Wildman–Crippen LogP) is 5.29. The van der Waals surface area contributed by atoms with E-state index in [0.717, 1.165) is 16.5 Å². The molecule has 27 heavy (non-hydrogen) atoms. The van der Waals surface area contributed by atoms with Gasteiger partial charge < -0.3 is 4.57 Å². The summed E-state index contributed by atoms with van der Waals surface area (Å²) in [7, 11) is 0. The fraction of sp³-hybridized carbons (Fsp3) is 0.0909. The average Bonchev–Trinajstić information content (AvgIpc) is 3.15. The third kappa shape index (κ3) is 3.09. The number of hydrazone groups is 1. The van der Waals surface area contributed by atoms with Gasteiger partial charge in [0.1, 0.15) is 0 Å². The van der Waals surface area contributed by atoms with Crippen LogP contribution in [0, 0.1) is 0 Å². The molecule has 1 aliphatic rings. The monoisotopic (exact) mass is 375 g/mol. The van der Waals surface area contributed by atoms with Crippen LogP contribution >= 0.6 is 11.6 Å². The van der Waals surface area contributed by atoms with Gasteiger partial charge in [0, 0.05) is 34.2 Å². The first-order valence-electron chi connectivity index (χ1n) is 8.64. The van der Waals surface area contributed by atoms with Gasteiger partial charge in [-0.15, -0.1) is 6.58 Å².